The van der Waals surface area contributed by atoms with E-state index < -0.39 is 0 Å². The fourth-order valence-electron chi connectivity index (χ4n) is 4.79. The molecule has 0 spiro atoms. The second-order valence-corrected chi connectivity index (χ2v) is 9.24. The molecule has 1 fully saturated rings. The van der Waals surface area contributed by atoms with Gasteiger partial charge in [0.1, 0.15) is 5.82 Å². The molecular weight excluding hydrogens is 386 g/mol. The number of hydrogen-bond donors (Lipinski definition) is 3. The first-order valence-electron chi connectivity index (χ1n) is 11.2. The minimum atomic E-state index is 0.0146. The van der Waals surface area contributed by atoms with Crippen molar-refractivity contribution < 1.29 is 4.79 Å². The zero-order valence-corrected chi connectivity index (χ0v) is 18.9. The van der Waals surface area contributed by atoms with Crippen LogP contribution in [0.3, 0.4) is 0 Å². The van der Waals surface area contributed by atoms with Gasteiger partial charge in [0.15, 0.2) is 0 Å². The lowest BCUT2D eigenvalue weighted by molar-refractivity contribution is 0.0916. The van der Waals surface area contributed by atoms with Gasteiger partial charge in [-0.1, -0.05) is 13.8 Å². The van der Waals surface area contributed by atoms with Crippen molar-refractivity contribution in [2.24, 2.45) is 0 Å². The molecule has 164 valence electrons. The SMILES string of the molecule is CC(C)c1c(-c2ccnc(N)c2)[nH]c2ccc(C(=O)NC3CCC(N(C)C)CC3)cc12. The minimum absolute atomic E-state index is 0.0146. The van der Waals surface area contributed by atoms with Gasteiger partial charge in [0.05, 0.1) is 5.69 Å². The summed E-state index contributed by atoms with van der Waals surface area (Å²) in [5.74, 6) is 0.800. The monoisotopic (exact) mass is 419 g/mol. The van der Waals surface area contributed by atoms with E-state index in [2.05, 4.69) is 48.1 Å². The number of nitrogen functional groups attached to an aromatic ring is 1. The van der Waals surface area contributed by atoms with Gasteiger partial charge in [-0.25, -0.2) is 4.98 Å². The molecule has 2 aromatic heterocycles. The molecule has 1 amide bonds. The average Bonchev–Trinajstić information content (AvgIpc) is 3.13. The standard InChI is InChI=1S/C25H33N5O/c1-15(2)23-20-13-17(25(31)28-18-6-8-19(9-7-18)30(3)4)5-10-21(20)29-24(23)16-11-12-27-22(26)14-16/h5,10-15,18-19,29H,6-9H2,1-4H3,(H2,26,27)(H,28,31). The summed E-state index contributed by atoms with van der Waals surface area (Å²) in [4.78, 5) is 23.0. The molecule has 3 aromatic rings. The van der Waals surface area contributed by atoms with Crippen molar-refractivity contribution in [3.63, 3.8) is 0 Å². The van der Waals surface area contributed by atoms with Crippen LogP contribution in [0, 0.1) is 0 Å². The van der Waals surface area contributed by atoms with Crippen molar-refractivity contribution >= 4 is 22.6 Å². The number of carbonyl (C=O) groups excluding carboxylic acids is 1. The molecule has 1 saturated carbocycles. The van der Waals surface area contributed by atoms with E-state index >= 15 is 0 Å². The van der Waals surface area contributed by atoms with E-state index in [9.17, 15) is 4.79 Å². The highest BCUT2D eigenvalue weighted by atomic mass is 16.1. The van der Waals surface area contributed by atoms with Crippen LogP contribution in [0.4, 0.5) is 5.82 Å². The summed E-state index contributed by atoms with van der Waals surface area (Å²) in [5, 5.41) is 4.35. The van der Waals surface area contributed by atoms with E-state index in [4.69, 9.17) is 5.73 Å². The van der Waals surface area contributed by atoms with Gasteiger partial charge in [-0.15, -0.1) is 0 Å². The number of amides is 1. The summed E-state index contributed by atoms with van der Waals surface area (Å²) in [7, 11) is 4.27. The maximum absolute atomic E-state index is 13.0. The zero-order valence-electron chi connectivity index (χ0n) is 18.9. The van der Waals surface area contributed by atoms with Gasteiger partial charge in [0.2, 0.25) is 0 Å². The molecule has 6 heteroatoms. The van der Waals surface area contributed by atoms with Gasteiger partial charge >= 0.3 is 0 Å². The van der Waals surface area contributed by atoms with Crippen molar-refractivity contribution in [2.45, 2.75) is 57.5 Å². The summed E-state index contributed by atoms with van der Waals surface area (Å²) in [5.41, 5.74) is 10.9. The molecule has 0 radical (unpaired) electrons. The van der Waals surface area contributed by atoms with Crippen molar-refractivity contribution in [1.82, 2.24) is 20.2 Å². The number of carbonyl (C=O) groups is 1. The summed E-state index contributed by atoms with van der Waals surface area (Å²) >= 11 is 0. The third kappa shape index (κ3) is 4.44. The number of pyridine rings is 1. The van der Waals surface area contributed by atoms with Crippen LogP contribution in [0.1, 0.15) is 61.4 Å². The molecule has 1 aliphatic rings. The Kier molecular flexibility index (Phi) is 6.01. The Bertz CT molecular complexity index is 1080. The van der Waals surface area contributed by atoms with Gasteiger partial charge in [-0.2, -0.15) is 0 Å². The number of fused-ring (bicyclic) bond motifs is 1. The largest absolute Gasteiger partial charge is 0.384 e. The molecule has 0 bridgehead atoms. The van der Waals surface area contributed by atoms with Crippen molar-refractivity contribution in [3.8, 4) is 11.3 Å². The fourth-order valence-corrected chi connectivity index (χ4v) is 4.79. The predicted molar refractivity (Wildman–Crippen MR) is 127 cm³/mol. The van der Waals surface area contributed by atoms with Crippen LogP contribution in [0.25, 0.3) is 22.2 Å². The molecule has 1 aromatic carbocycles. The number of H-pyrrole nitrogens is 1. The highest BCUT2D eigenvalue weighted by molar-refractivity contribution is 6.00. The Morgan fingerprint density at radius 2 is 1.90 bits per heavy atom. The quantitative estimate of drug-likeness (QED) is 0.567. The molecule has 31 heavy (non-hydrogen) atoms. The van der Waals surface area contributed by atoms with Gasteiger partial charge < -0.3 is 20.9 Å². The number of aromatic amines is 1. The van der Waals surface area contributed by atoms with Gasteiger partial charge in [-0.05, 0) is 81.6 Å². The number of rotatable bonds is 5. The van der Waals surface area contributed by atoms with Crippen LogP contribution in [-0.4, -0.2) is 47.0 Å². The summed E-state index contributed by atoms with van der Waals surface area (Å²) in [6, 6.07) is 10.7. The Hall–Kier alpha value is -2.86. The van der Waals surface area contributed by atoms with Gasteiger partial charge in [0, 0.05) is 40.3 Å². The third-order valence-electron chi connectivity index (χ3n) is 6.51. The maximum Gasteiger partial charge on any atom is 0.251 e. The highest BCUT2D eigenvalue weighted by Gasteiger charge is 2.24. The molecular formula is C25H33N5O. The van der Waals surface area contributed by atoms with Crippen LogP contribution in [0.15, 0.2) is 36.5 Å². The van der Waals surface area contributed by atoms with Gasteiger partial charge in [0.25, 0.3) is 5.91 Å². The van der Waals surface area contributed by atoms with Gasteiger partial charge in [-0.3, -0.25) is 4.79 Å². The lowest BCUT2D eigenvalue weighted by atomic mass is 9.90. The van der Waals surface area contributed by atoms with Crippen LogP contribution < -0.4 is 11.1 Å². The smallest absolute Gasteiger partial charge is 0.251 e. The van der Waals surface area contributed by atoms with E-state index in [-0.39, 0.29) is 17.9 Å². The third-order valence-corrected chi connectivity index (χ3v) is 6.51. The van der Waals surface area contributed by atoms with Crippen molar-refractivity contribution in [1.29, 1.82) is 0 Å². The number of hydrogen-bond acceptors (Lipinski definition) is 4. The number of nitrogens with one attached hydrogen (secondary N) is 2. The number of aromatic nitrogens is 2. The lowest BCUT2D eigenvalue weighted by Gasteiger charge is -2.33. The molecule has 1 aliphatic carbocycles. The van der Waals surface area contributed by atoms with Crippen molar-refractivity contribution in [3.05, 3.63) is 47.7 Å². The van der Waals surface area contributed by atoms with Crippen LogP contribution >= 0.6 is 0 Å². The first-order valence-corrected chi connectivity index (χ1v) is 11.2. The Balaban J connectivity index is 1.60. The number of anilines is 1. The summed E-state index contributed by atoms with van der Waals surface area (Å²) in [6.45, 7) is 4.35. The maximum atomic E-state index is 13.0. The number of benzene rings is 1. The molecule has 4 N–H and O–H groups in total. The second kappa shape index (κ2) is 8.71. The minimum Gasteiger partial charge on any atom is -0.384 e. The van der Waals surface area contributed by atoms with Crippen LogP contribution in [0.2, 0.25) is 0 Å². The van der Waals surface area contributed by atoms with Crippen molar-refractivity contribution in [2.75, 3.05) is 19.8 Å². The molecule has 4 rings (SSSR count). The van der Waals surface area contributed by atoms with E-state index in [1.807, 2.05) is 30.3 Å². The predicted octanol–water partition coefficient (Wildman–Crippen LogP) is 4.54. The zero-order chi connectivity index (χ0) is 22.1. The molecule has 0 aliphatic heterocycles. The topological polar surface area (TPSA) is 87.0 Å². The average molecular weight is 420 g/mol. The first-order chi connectivity index (χ1) is 14.8. The lowest BCUT2D eigenvalue weighted by Crippen LogP contribution is -2.41. The summed E-state index contributed by atoms with van der Waals surface area (Å²) in [6.07, 6.45) is 6.05. The molecule has 0 saturated heterocycles. The Labute approximate surface area is 184 Å². The second-order valence-electron chi connectivity index (χ2n) is 9.24. The normalized spacial score (nSPS) is 19.3. The van der Waals surface area contributed by atoms with Crippen LogP contribution in [-0.2, 0) is 0 Å². The Morgan fingerprint density at radius 3 is 2.55 bits per heavy atom. The van der Waals surface area contributed by atoms with Crippen LogP contribution in [0.5, 0.6) is 0 Å². The fraction of sp³-hybridized carbons (Fsp3) is 0.440. The summed E-state index contributed by atoms with van der Waals surface area (Å²) < 4.78 is 0. The Morgan fingerprint density at radius 1 is 1.16 bits per heavy atom. The first kappa shape index (κ1) is 21.4. The molecule has 2 heterocycles. The highest BCUT2D eigenvalue weighted by Crippen LogP contribution is 2.36. The number of nitrogens with zero attached hydrogens (tertiary/aromatic N) is 2. The number of nitrogens with two attached hydrogens (primary N) is 1. The van der Waals surface area contributed by atoms with E-state index in [0.29, 0.717) is 17.4 Å². The molecule has 0 atom stereocenters. The molecule has 6 nitrogen and oxygen atoms in total. The van der Waals surface area contributed by atoms with E-state index in [0.717, 1.165) is 47.8 Å². The molecule has 0 unspecified atom stereocenters. The van der Waals surface area contributed by atoms with E-state index in [1.165, 1.54) is 5.56 Å². The van der Waals surface area contributed by atoms with E-state index in [1.54, 1.807) is 6.20 Å².